The highest BCUT2D eigenvalue weighted by molar-refractivity contribution is 5.83. The molecule has 1 amide bonds. The van der Waals surface area contributed by atoms with Crippen LogP contribution in [0, 0.1) is 5.92 Å². The molecule has 0 aliphatic heterocycles. The molecule has 0 unspecified atom stereocenters. The van der Waals surface area contributed by atoms with Gasteiger partial charge >= 0.3 is 0 Å². The van der Waals surface area contributed by atoms with Crippen molar-refractivity contribution >= 4 is 11.9 Å². The minimum atomic E-state index is -1.31. The van der Waals surface area contributed by atoms with Crippen LogP contribution in [0.4, 0.5) is 0 Å². The van der Waals surface area contributed by atoms with Crippen LogP contribution < -0.4 is 19.9 Å². The lowest BCUT2D eigenvalue weighted by Gasteiger charge is -2.23. The Kier molecular flexibility index (Phi) is 5.83. The molecule has 20 heavy (non-hydrogen) atoms. The quantitative estimate of drug-likeness (QED) is 0.757. The fraction of sp³-hybridized carbons (Fsp3) is 0.429. The molecule has 1 N–H and O–H groups in total. The minimum absolute atomic E-state index is 0.259. The van der Waals surface area contributed by atoms with Gasteiger partial charge in [0.05, 0.1) is 19.1 Å². The summed E-state index contributed by atoms with van der Waals surface area (Å²) in [6.45, 7) is 3.11. The van der Waals surface area contributed by atoms with Gasteiger partial charge in [0.1, 0.15) is 11.5 Å². The van der Waals surface area contributed by atoms with E-state index in [-0.39, 0.29) is 12.5 Å². The van der Waals surface area contributed by atoms with Gasteiger partial charge in [-0.25, -0.2) is 0 Å². The first-order chi connectivity index (χ1) is 9.43. The Balaban J connectivity index is 2.47. The standard InChI is InChI=1S/C14H19NO5/c1-9(2)13(14(17)18)15-12(16)8-20-11-6-4-10(19-3)5-7-11/h4-7,9,13H,8H2,1-3H3,(H,15,16)(H,17,18)/p-1/t13-/m1/s1. The van der Waals surface area contributed by atoms with Crippen LogP contribution in [0.2, 0.25) is 0 Å². The van der Waals surface area contributed by atoms with Gasteiger partial charge in [-0.15, -0.1) is 0 Å². The molecule has 0 heterocycles. The number of carbonyl (C=O) groups is 2. The lowest BCUT2D eigenvalue weighted by molar-refractivity contribution is -0.309. The number of aliphatic carboxylic acids is 1. The zero-order chi connectivity index (χ0) is 15.1. The first-order valence-electron chi connectivity index (χ1n) is 6.21. The van der Waals surface area contributed by atoms with Gasteiger partial charge in [-0.2, -0.15) is 0 Å². The van der Waals surface area contributed by atoms with Crippen molar-refractivity contribution in [1.29, 1.82) is 0 Å². The summed E-state index contributed by atoms with van der Waals surface area (Å²) in [5.74, 6) is -0.902. The maximum absolute atomic E-state index is 11.6. The third kappa shape index (κ3) is 4.79. The summed E-state index contributed by atoms with van der Waals surface area (Å²) in [6.07, 6.45) is 0. The number of methoxy groups -OCH3 is 1. The number of nitrogens with one attached hydrogen (secondary N) is 1. The number of hydrogen-bond acceptors (Lipinski definition) is 5. The van der Waals surface area contributed by atoms with E-state index < -0.39 is 17.9 Å². The molecule has 110 valence electrons. The van der Waals surface area contributed by atoms with Crippen molar-refractivity contribution in [2.45, 2.75) is 19.9 Å². The van der Waals surface area contributed by atoms with Gasteiger partial charge in [-0.1, -0.05) is 13.8 Å². The maximum Gasteiger partial charge on any atom is 0.258 e. The monoisotopic (exact) mass is 280 g/mol. The van der Waals surface area contributed by atoms with Crippen LogP contribution in [-0.4, -0.2) is 31.6 Å². The van der Waals surface area contributed by atoms with E-state index in [0.29, 0.717) is 11.5 Å². The number of ether oxygens (including phenoxy) is 2. The van der Waals surface area contributed by atoms with Crippen LogP contribution in [0.25, 0.3) is 0 Å². The summed E-state index contributed by atoms with van der Waals surface area (Å²) in [5, 5.41) is 13.2. The van der Waals surface area contributed by atoms with Gasteiger partial charge in [0.2, 0.25) is 0 Å². The molecule has 0 bridgehead atoms. The average Bonchev–Trinajstić information content (AvgIpc) is 2.42. The molecule has 1 aromatic rings. The maximum atomic E-state index is 11.6. The van der Waals surface area contributed by atoms with E-state index in [4.69, 9.17) is 9.47 Å². The molecule has 0 aliphatic rings. The summed E-state index contributed by atoms with van der Waals surface area (Å²) in [7, 11) is 1.55. The van der Waals surface area contributed by atoms with Crippen molar-refractivity contribution in [1.82, 2.24) is 5.32 Å². The molecule has 0 radical (unpaired) electrons. The van der Waals surface area contributed by atoms with E-state index in [2.05, 4.69) is 5.32 Å². The van der Waals surface area contributed by atoms with Gasteiger partial charge < -0.3 is 24.7 Å². The number of benzene rings is 1. The highest BCUT2D eigenvalue weighted by Crippen LogP contribution is 2.16. The highest BCUT2D eigenvalue weighted by Gasteiger charge is 2.17. The third-order valence-corrected chi connectivity index (χ3v) is 2.67. The molecule has 0 spiro atoms. The second-order valence-electron chi connectivity index (χ2n) is 4.57. The Morgan fingerprint density at radius 3 is 2.20 bits per heavy atom. The summed E-state index contributed by atoms with van der Waals surface area (Å²) in [6, 6.07) is 5.69. The van der Waals surface area contributed by atoms with E-state index in [1.165, 1.54) is 0 Å². The number of hydrogen-bond donors (Lipinski definition) is 1. The fourth-order valence-corrected chi connectivity index (χ4v) is 1.53. The first-order valence-corrected chi connectivity index (χ1v) is 6.21. The molecule has 0 aliphatic carbocycles. The van der Waals surface area contributed by atoms with E-state index in [0.717, 1.165) is 0 Å². The van der Waals surface area contributed by atoms with Crippen LogP contribution in [0.3, 0.4) is 0 Å². The van der Waals surface area contributed by atoms with E-state index in [1.54, 1.807) is 45.2 Å². The van der Waals surface area contributed by atoms with Crippen molar-refractivity contribution < 1.29 is 24.2 Å². The van der Waals surface area contributed by atoms with Crippen molar-refractivity contribution in [3.05, 3.63) is 24.3 Å². The Bertz CT molecular complexity index is 455. The Morgan fingerprint density at radius 2 is 1.75 bits per heavy atom. The van der Waals surface area contributed by atoms with E-state index in [1.807, 2.05) is 0 Å². The lowest BCUT2D eigenvalue weighted by atomic mass is 10.1. The summed E-state index contributed by atoms with van der Waals surface area (Å²) in [4.78, 5) is 22.4. The SMILES string of the molecule is COc1ccc(OCC(=O)N[C@@H](C(=O)[O-])C(C)C)cc1. The minimum Gasteiger partial charge on any atom is -0.548 e. The topological polar surface area (TPSA) is 87.7 Å². The molecular weight excluding hydrogens is 262 g/mol. The molecule has 1 atom stereocenters. The average molecular weight is 280 g/mol. The number of amides is 1. The lowest BCUT2D eigenvalue weighted by Crippen LogP contribution is -2.51. The van der Waals surface area contributed by atoms with Gasteiger partial charge in [0.25, 0.3) is 5.91 Å². The van der Waals surface area contributed by atoms with E-state index >= 15 is 0 Å². The zero-order valence-electron chi connectivity index (χ0n) is 11.7. The predicted molar refractivity (Wildman–Crippen MR) is 70.3 cm³/mol. The molecule has 0 saturated carbocycles. The van der Waals surface area contributed by atoms with Crippen molar-refractivity contribution in [2.24, 2.45) is 5.92 Å². The molecule has 0 fully saturated rings. The zero-order valence-corrected chi connectivity index (χ0v) is 11.7. The molecule has 6 nitrogen and oxygen atoms in total. The molecule has 0 saturated heterocycles. The molecular formula is C14H18NO5-. The van der Waals surface area contributed by atoms with Crippen LogP contribution in [0.15, 0.2) is 24.3 Å². The van der Waals surface area contributed by atoms with Crippen LogP contribution >= 0.6 is 0 Å². The fourth-order valence-electron chi connectivity index (χ4n) is 1.53. The largest absolute Gasteiger partial charge is 0.548 e. The van der Waals surface area contributed by atoms with Gasteiger partial charge in [0.15, 0.2) is 6.61 Å². The number of rotatable bonds is 7. The molecule has 6 heteroatoms. The molecule has 1 aromatic carbocycles. The molecule has 0 aromatic heterocycles. The van der Waals surface area contributed by atoms with Gasteiger partial charge in [-0.3, -0.25) is 4.79 Å². The van der Waals surface area contributed by atoms with Gasteiger partial charge in [-0.05, 0) is 30.2 Å². The van der Waals surface area contributed by atoms with Crippen molar-refractivity contribution in [3.8, 4) is 11.5 Å². The van der Waals surface area contributed by atoms with Crippen molar-refractivity contribution in [2.75, 3.05) is 13.7 Å². The van der Waals surface area contributed by atoms with Crippen LogP contribution in [0.5, 0.6) is 11.5 Å². The second-order valence-corrected chi connectivity index (χ2v) is 4.57. The van der Waals surface area contributed by atoms with E-state index in [9.17, 15) is 14.7 Å². The molecule has 1 rings (SSSR count). The van der Waals surface area contributed by atoms with Crippen molar-refractivity contribution in [3.63, 3.8) is 0 Å². The smallest absolute Gasteiger partial charge is 0.258 e. The Labute approximate surface area is 117 Å². The predicted octanol–water partition coefficient (Wildman–Crippen LogP) is -0.0353. The normalized spacial score (nSPS) is 11.8. The highest BCUT2D eigenvalue weighted by atomic mass is 16.5. The number of carboxylic acid groups (broad SMARTS) is 1. The summed E-state index contributed by atoms with van der Waals surface area (Å²) < 4.78 is 10.2. The Hall–Kier alpha value is -2.24. The Morgan fingerprint density at radius 1 is 1.20 bits per heavy atom. The number of carboxylic acids is 1. The van der Waals surface area contributed by atoms with Crippen LogP contribution in [-0.2, 0) is 9.59 Å². The van der Waals surface area contributed by atoms with Crippen LogP contribution in [0.1, 0.15) is 13.8 Å². The first kappa shape index (κ1) is 15.8. The number of carbonyl (C=O) groups excluding carboxylic acids is 2. The van der Waals surface area contributed by atoms with Gasteiger partial charge in [0, 0.05) is 0 Å². The summed E-state index contributed by atoms with van der Waals surface area (Å²) >= 11 is 0. The second kappa shape index (κ2) is 7.37. The third-order valence-electron chi connectivity index (χ3n) is 2.67. The summed E-state index contributed by atoms with van der Waals surface area (Å²) in [5.41, 5.74) is 0.